The normalized spacial score (nSPS) is 17.5. The fourth-order valence-electron chi connectivity index (χ4n) is 3.59. The van der Waals surface area contributed by atoms with Crippen molar-refractivity contribution >= 4 is 11.6 Å². The number of nitrogens with zero attached hydrogens (tertiary/aromatic N) is 2. The second-order valence-electron chi connectivity index (χ2n) is 7.56. The Bertz CT molecular complexity index is 539. The monoisotopic (exact) mass is 347 g/mol. The first-order chi connectivity index (χ1) is 12.0. The van der Waals surface area contributed by atoms with E-state index in [2.05, 4.69) is 35.9 Å². The van der Waals surface area contributed by atoms with Crippen LogP contribution in [0.3, 0.4) is 0 Å². The summed E-state index contributed by atoms with van der Waals surface area (Å²) < 4.78 is 5.28. The highest BCUT2D eigenvalue weighted by atomic mass is 16.5. The van der Waals surface area contributed by atoms with E-state index in [1.165, 1.54) is 13.0 Å². The summed E-state index contributed by atoms with van der Waals surface area (Å²) in [4.78, 5) is 17.1. The van der Waals surface area contributed by atoms with Crippen LogP contribution in [-0.4, -0.2) is 62.1 Å². The van der Waals surface area contributed by atoms with Crippen LogP contribution in [0.2, 0.25) is 0 Å². The van der Waals surface area contributed by atoms with Gasteiger partial charge < -0.3 is 15.0 Å². The topological polar surface area (TPSA) is 44.8 Å². The molecule has 1 unspecified atom stereocenters. The highest BCUT2D eigenvalue weighted by molar-refractivity contribution is 5.93. The van der Waals surface area contributed by atoms with Gasteiger partial charge in [-0.3, -0.25) is 9.69 Å². The lowest BCUT2D eigenvalue weighted by Gasteiger charge is -2.35. The van der Waals surface area contributed by atoms with Crippen LogP contribution in [0.1, 0.15) is 27.2 Å². The molecule has 1 heterocycles. The molecule has 1 saturated heterocycles. The SMILES string of the molecule is COc1ccccc1NC(=O)CN1CCN(CC(C)CC(C)C)CC1. The molecule has 0 aliphatic carbocycles. The van der Waals surface area contributed by atoms with E-state index in [1.807, 2.05) is 24.3 Å². The second-order valence-corrected chi connectivity index (χ2v) is 7.56. The third-order valence-electron chi connectivity index (χ3n) is 4.66. The van der Waals surface area contributed by atoms with Gasteiger partial charge in [0.2, 0.25) is 5.91 Å². The van der Waals surface area contributed by atoms with Crippen molar-refractivity contribution in [3.63, 3.8) is 0 Å². The molecule has 0 saturated carbocycles. The van der Waals surface area contributed by atoms with Gasteiger partial charge in [-0.25, -0.2) is 0 Å². The zero-order chi connectivity index (χ0) is 18.2. The van der Waals surface area contributed by atoms with Gasteiger partial charge in [0.15, 0.2) is 0 Å². The summed E-state index contributed by atoms with van der Waals surface area (Å²) in [5.74, 6) is 2.21. The van der Waals surface area contributed by atoms with Gasteiger partial charge in [0.1, 0.15) is 5.75 Å². The molecule has 140 valence electrons. The van der Waals surface area contributed by atoms with E-state index in [9.17, 15) is 4.79 Å². The lowest BCUT2D eigenvalue weighted by Crippen LogP contribution is -2.49. The molecule has 1 aromatic rings. The van der Waals surface area contributed by atoms with Gasteiger partial charge in [0.05, 0.1) is 19.3 Å². The molecule has 1 fully saturated rings. The zero-order valence-electron chi connectivity index (χ0n) is 16.1. The minimum atomic E-state index is 0.0196. The Morgan fingerprint density at radius 3 is 2.40 bits per heavy atom. The Hall–Kier alpha value is -1.59. The van der Waals surface area contributed by atoms with Crippen LogP contribution < -0.4 is 10.1 Å². The van der Waals surface area contributed by atoms with Gasteiger partial charge in [-0.15, -0.1) is 0 Å². The summed E-state index contributed by atoms with van der Waals surface area (Å²) in [6.45, 7) is 12.5. The molecule has 1 atom stereocenters. The highest BCUT2D eigenvalue weighted by Crippen LogP contribution is 2.23. The smallest absolute Gasteiger partial charge is 0.238 e. The predicted octanol–water partition coefficient (Wildman–Crippen LogP) is 2.93. The van der Waals surface area contributed by atoms with Crippen LogP contribution in [0.5, 0.6) is 5.75 Å². The van der Waals surface area contributed by atoms with E-state index < -0.39 is 0 Å². The molecule has 2 rings (SSSR count). The number of carbonyl (C=O) groups is 1. The summed E-state index contributed by atoms with van der Waals surface area (Å²) in [6.07, 6.45) is 1.28. The van der Waals surface area contributed by atoms with Crippen molar-refractivity contribution in [2.45, 2.75) is 27.2 Å². The van der Waals surface area contributed by atoms with Gasteiger partial charge >= 0.3 is 0 Å². The number of para-hydroxylation sites is 2. The molecule has 0 radical (unpaired) electrons. The number of benzene rings is 1. The number of ether oxygens (including phenoxy) is 1. The maximum atomic E-state index is 12.3. The molecule has 25 heavy (non-hydrogen) atoms. The second kappa shape index (κ2) is 9.78. The number of hydrogen-bond acceptors (Lipinski definition) is 4. The first-order valence-electron chi connectivity index (χ1n) is 9.35. The molecule has 0 spiro atoms. The number of hydrogen-bond donors (Lipinski definition) is 1. The maximum absolute atomic E-state index is 12.3. The molecular formula is C20H33N3O2. The quantitative estimate of drug-likeness (QED) is 0.785. The van der Waals surface area contributed by atoms with E-state index >= 15 is 0 Å². The number of carbonyl (C=O) groups excluding carboxylic acids is 1. The molecule has 5 heteroatoms. The van der Waals surface area contributed by atoms with Crippen LogP contribution in [0.4, 0.5) is 5.69 Å². The minimum Gasteiger partial charge on any atom is -0.495 e. The largest absolute Gasteiger partial charge is 0.495 e. The Kier molecular flexibility index (Phi) is 7.72. The molecule has 1 aliphatic rings. The number of methoxy groups -OCH3 is 1. The van der Waals surface area contributed by atoms with E-state index in [0.29, 0.717) is 12.3 Å². The maximum Gasteiger partial charge on any atom is 0.238 e. The van der Waals surface area contributed by atoms with Crippen molar-refractivity contribution in [3.8, 4) is 5.75 Å². The molecule has 1 N–H and O–H groups in total. The first-order valence-corrected chi connectivity index (χ1v) is 9.35. The third kappa shape index (κ3) is 6.67. The Morgan fingerprint density at radius 2 is 1.76 bits per heavy atom. The molecular weight excluding hydrogens is 314 g/mol. The summed E-state index contributed by atoms with van der Waals surface area (Å²) in [5, 5.41) is 2.95. The van der Waals surface area contributed by atoms with Gasteiger partial charge in [-0.1, -0.05) is 32.9 Å². The molecule has 0 bridgehead atoms. The van der Waals surface area contributed by atoms with Gasteiger partial charge in [0.25, 0.3) is 0 Å². The predicted molar refractivity (Wildman–Crippen MR) is 103 cm³/mol. The molecule has 5 nitrogen and oxygen atoms in total. The van der Waals surface area contributed by atoms with Crippen molar-refractivity contribution in [3.05, 3.63) is 24.3 Å². The molecule has 0 aromatic heterocycles. The molecule has 1 aromatic carbocycles. The number of piperazine rings is 1. The average molecular weight is 348 g/mol. The summed E-state index contributed by atoms with van der Waals surface area (Å²) in [5.41, 5.74) is 0.733. The lowest BCUT2D eigenvalue weighted by molar-refractivity contribution is -0.117. The minimum absolute atomic E-state index is 0.0196. The zero-order valence-corrected chi connectivity index (χ0v) is 16.1. The van der Waals surface area contributed by atoms with Gasteiger partial charge in [-0.2, -0.15) is 0 Å². The van der Waals surface area contributed by atoms with Gasteiger partial charge in [-0.05, 0) is 30.4 Å². The lowest BCUT2D eigenvalue weighted by atomic mass is 9.98. The summed E-state index contributed by atoms with van der Waals surface area (Å²) in [7, 11) is 1.62. The van der Waals surface area contributed by atoms with E-state index in [0.717, 1.165) is 43.7 Å². The fraction of sp³-hybridized carbons (Fsp3) is 0.650. The Labute approximate surface area is 152 Å². The number of amides is 1. The van der Waals surface area contributed by atoms with Crippen LogP contribution >= 0.6 is 0 Å². The summed E-state index contributed by atoms with van der Waals surface area (Å²) >= 11 is 0. The Morgan fingerprint density at radius 1 is 1.12 bits per heavy atom. The summed E-state index contributed by atoms with van der Waals surface area (Å²) in [6, 6.07) is 7.51. The van der Waals surface area contributed by atoms with Crippen molar-refractivity contribution in [1.29, 1.82) is 0 Å². The van der Waals surface area contributed by atoms with E-state index in [1.54, 1.807) is 7.11 Å². The highest BCUT2D eigenvalue weighted by Gasteiger charge is 2.20. The first kappa shape index (κ1) is 19.7. The number of nitrogens with one attached hydrogen (secondary N) is 1. The van der Waals surface area contributed by atoms with E-state index in [4.69, 9.17) is 4.74 Å². The number of rotatable bonds is 8. The van der Waals surface area contributed by atoms with E-state index in [-0.39, 0.29) is 5.91 Å². The Balaban J connectivity index is 1.73. The van der Waals surface area contributed by atoms with Gasteiger partial charge in [0, 0.05) is 32.7 Å². The van der Waals surface area contributed by atoms with Crippen molar-refractivity contribution in [2.24, 2.45) is 11.8 Å². The van der Waals surface area contributed by atoms with Crippen molar-refractivity contribution in [2.75, 3.05) is 51.7 Å². The third-order valence-corrected chi connectivity index (χ3v) is 4.66. The average Bonchev–Trinajstić information content (AvgIpc) is 2.56. The fourth-order valence-corrected chi connectivity index (χ4v) is 3.59. The standard InChI is InChI=1S/C20H33N3O2/c1-16(2)13-17(3)14-22-9-11-23(12-10-22)15-20(24)21-18-7-5-6-8-19(18)25-4/h5-8,16-17H,9-15H2,1-4H3,(H,21,24). The van der Waals surface area contributed by atoms with Crippen LogP contribution in [0, 0.1) is 11.8 Å². The van der Waals surface area contributed by atoms with Crippen molar-refractivity contribution < 1.29 is 9.53 Å². The molecule has 1 amide bonds. The molecule has 1 aliphatic heterocycles. The van der Waals surface area contributed by atoms with Crippen LogP contribution in [-0.2, 0) is 4.79 Å². The van der Waals surface area contributed by atoms with Crippen LogP contribution in [0.25, 0.3) is 0 Å². The van der Waals surface area contributed by atoms with Crippen LogP contribution in [0.15, 0.2) is 24.3 Å². The number of anilines is 1. The van der Waals surface area contributed by atoms with Crippen molar-refractivity contribution in [1.82, 2.24) is 9.80 Å².